The van der Waals surface area contributed by atoms with E-state index in [1.54, 1.807) is 6.33 Å². The molecule has 0 radical (unpaired) electrons. The summed E-state index contributed by atoms with van der Waals surface area (Å²) in [4.78, 5) is 46.4. The van der Waals surface area contributed by atoms with Crippen LogP contribution in [0.4, 0.5) is 0 Å². The van der Waals surface area contributed by atoms with Gasteiger partial charge in [0, 0.05) is 22.9 Å². The first kappa shape index (κ1) is 31.0. The second-order valence-corrected chi connectivity index (χ2v) is 16.8. The number of aryl methyl sites for hydroxylation is 1. The fourth-order valence-corrected chi connectivity index (χ4v) is 11.0. The second kappa shape index (κ2) is 9.74. The summed E-state index contributed by atoms with van der Waals surface area (Å²) < 4.78 is 8.01. The van der Waals surface area contributed by atoms with Gasteiger partial charge in [-0.25, -0.2) is 4.98 Å². The minimum absolute atomic E-state index is 0.0115. The van der Waals surface area contributed by atoms with Gasteiger partial charge in [0.1, 0.15) is 12.7 Å². The van der Waals surface area contributed by atoms with Gasteiger partial charge in [-0.15, -0.1) is 0 Å². The number of aromatic nitrogens is 2. The van der Waals surface area contributed by atoms with E-state index in [1.807, 2.05) is 43.7 Å². The summed E-state index contributed by atoms with van der Waals surface area (Å²) >= 11 is 0. The summed E-state index contributed by atoms with van der Waals surface area (Å²) in [6, 6.07) is 2.19. The topological polar surface area (TPSA) is 102 Å². The van der Waals surface area contributed by atoms with Gasteiger partial charge >= 0.3 is 5.97 Å². The van der Waals surface area contributed by atoms with Crippen molar-refractivity contribution in [2.45, 2.75) is 107 Å². The SMILES string of the molecule is Cc1cn(CCOC(=O)[C@]23CCC(C)(C)C[C@H]2[C@H]2C(=O)C=C4[C@@]5(C)C=C(C#N)C(=O)C(C)(C)[C@@H]5CC[C@@]4(C)[C@]2(C)CC3)cn1. The number of carbonyl (C=O) groups is 3. The van der Waals surface area contributed by atoms with Crippen LogP contribution in [-0.2, 0) is 25.7 Å². The number of allylic oxidation sites excluding steroid dienone is 4. The van der Waals surface area contributed by atoms with Crippen LogP contribution in [0.2, 0.25) is 0 Å². The molecular weight excluding hydrogens is 550 g/mol. The molecule has 0 N–H and O–H groups in total. The Bertz CT molecular complexity index is 1540. The predicted octanol–water partition coefficient (Wildman–Crippen LogP) is 6.95. The molecule has 236 valence electrons. The normalized spacial score (nSPS) is 40.3. The molecule has 7 nitrogen and oxygen atoms in total. The van der Waals surface area contributed by atoms with E-state index in [2.05, 4.69) is 45.7 Å². The number of nitrogens with zero attached hydrogens (tertiary/aromatic N) is 3. The third kappa shape index (κ3) is 4.11. The number of rotatable bonds is 4. The third-order valence-corrected chi connectivity index (χ3v) is 13.6. The molecule has 44 heavy (non-hydrogen) atoms. The van der Waals surface area contributed by atoms with E-state index in [0.717, 1.165) is 49.8 Å². The minimum Gasteiger partial charge on any atom is -0.463 e. The first-order valence-corrected chi connectivity index (χ1v) is 16.6. The number of esters is 1. The highest BCUT2D eigenvalue weighted by Gasteiger charge is 2.71. The van der Waals surface area contributed by atoms with Crippen molar-refractivity contribution in [3.05, 3.63) is 41.5 Å². The fourth-order valence-electron chi connectivity index (χ4n) is 11.0. The molecule has 5 aliphatic rings. The van der Waals surface area contributed by atoms with Crippen LogP contribution in [0.25, 0.3) is 0 Å². The average molecular weight is 600 g/mol. The lowest BCUT2D eigenvalue weighted by atomic mass is 9.34. The zero-order chi connectivity index (χ0) is 32.1. The van der Waals surface area contributed by atoms with Gasteiger partial charge in [-0.2, -0.15) is 5.26 Å². The molecule has 0 aromatic carbocycles. The number of imidazole rings is 1. The highest BCUT2D eigenvalue weighted by Crippen LogP contribution is 2.74. The van der Waals surface area contributed by atoms with Crippen LogP contribution in [0.5, 0.6) is 0 Å². The van der Waals surface area contributed by atoms with Gasteiger partial charge in [0.25, 0.3) is 0 Å². The molecule has 0 amide bonds. The molecule has 0 spiro atoms. The Morgan fingerprint density at radius 3 is 2.43 bits per heavy atom. The maximum Gasteiger partial charge on any atom is 0.312 e. The summed E-state index contributed by atoms with van der Waals surface area (Å²) in [7, 11) is 0. The lowest BCUT2D eigenvalue weighted by molar-refractivity contribution is -0.193. The van der Waals surface area contributed by atoms with Gasteiger partial charge in [0.2, 0.25) is 0 Å². The van der Waals surface area contributed by atoms with Crippen molar-refractivity contribution in [1.29, 1.82) is 5.26 Å². The number of nitriles is 1. The molecule has 7 heteroatoms. The molecule has 7 atom stereocenters. The minimum atomic E-state index is -0.689. The number of hydrogen-bond donors (Lipinski definition) is 0. The predicted molar refractivity (Wildman–Crippen MR) is 167 cm³/mol. The second-order valence-electron chi connectivity index (χ2n) is 16.8. The van der Waals surface area contributed by atoms with Crippen LogP contribution in [0.1, 0.15) is 99.1 Å². The molecule has 0 unspecified atom stereocenters. The molecule has 3 saturated carbocycles. The highest BCUT2D eigenvalue weighted by atomic mass is 16.5. The first-order chi connectivity index (χ1) is 20.4. The van der Waals surface area contributed by atoms with Crippen LogP contribution in [0, 0.1) is 68.5 Å². The van der Waals surface area contributed by atoms with E-state index in [1.165, 1.54) is 0 Å². The zero-order valence-electron chi connectivity index (χ0n) is 27.9. The van der Waals surface area contributed by atoms with Crippen molar-refractivity contribution in [2.24, 2.45) is 50.2 Å². The monoisotopic (exact) mass is 599 g/mol. The summed E-state index contributed by atoms with van der Waals surface area (Å²) in [5, 5.41) is 9.96. The smallest absolute Gasteiger partial charge is 0.312 e. The molecule has 0 aliphatic heterocycles. The number of hydrogen-bond acceptors (Lipinski definition) is 6. The standard InChI is InChI=1S/C37H49N3O4/c1-23-21-40(22-39-23)15-16-44-31(43)37-13-11-32(2,3)19-25(37)29-26(41)17-28-34(6)18-24(20-38)30(42)33(4,5)27(34)9-10-35(28,7)36(29,8)12-14-37/h17-18,21-22,25,27,29H,9-16,19H2,1-8H3/t25-,27-,29-,34-,35+,36+,37-/m0/s1. The van der Waals surface area contributed by atoms with Crippen molar-refractivity contribution in [1.82, 2.24) is 9.55 Å². The van der Waals surface area contributed by atoms with Gasteiger partial charge in [-0.05, 0) is 86.0 Å². The molecule has 5 aliphatic carbocycles. The largest absolute Gasteiger partial charge is 0.463 e. The van der Waals surface area contributed by atoms with E-state index in [0.29, 0.717) is 13.0 Å². The van der Waals surface area contributed by atoms with Crippen LogP contribution in [0.15, 0.2) is 35.8 Å². The van der Waals surface area contributed by atoms with Crippen molar-refractivity contribution in [2.75, 3.05) is 6.61 Å². The Morgan fingerprint density at radius 1 is 1.07 bits per heavy atom. The Balaban J connectivity index is 1.40. The molecule has 0 saturated heterocycles. The first-order valence-electron chi connectivity index (χ1n) is 16.6. The van der Waals surface area contributed by atoms with Gasteiger partial charge in [-0.3, -0.25) is 14.4 Å². The third-order valence-electron chi connectivity index (χ3n) is 13.6. The molecule has 6 rings (SSSR count). The Kier molecular flexibility index (Phi) is 6.86. The van der Waals surface area contributed by atoms with Crippen LogP contribution >= 0.6 is 0 Å². The van der Waals surface area contributed by atoms with E-state index < -0.39 is 16.2 Å². The van der Waals surface area contributed by atoms with Gasteiger partial charge < -0.3 is 9.30 Å². The number of fused-ring (bicyclic) bond motifs is 7. The van der Waals surface area contributed by atoms with Crippen molar-refractivity contribution < 1.29 is 19.1 Å². The molecule has 1 aromatic heterocycles. The van der Waals surface area contributed by atoms with E-state index >= 15 is 0 Å². The van der Waals surface area contributed by atoms with Gasteiger partial charge in [-0.1, -0.05) is 60.1 Å². The molecular formula is C37H49N3O4. The van der Waals surface area contributed by atoms with Gasteiger partial charge in [0.15, 0.2) is 11.6 Å². The maximum absolute atomic E-state index is 14.7. The van der Waals surface area contributed by atoms with Crippen molar-refractivity contribution in [3.8, 4) is 6.07 Å². The van der Waals surface area contributed by atoms with Gasteiger partial charge in [0.05, 0.1) is 29.6 Å². The summed E-state index contributed by atoms with van der Waals surface area (Å²) in [5.41, 5.74) is -0.340. The Morgan fingerprint density at radius 2 is 1.77 bits per heavy atom. The number of carbonyl (C=O) groups excluding carboxylic acids is 3. The number of ketones is 2. The van der Waals surface area contributed by atoms with Crippen molar-refractivity contribution in [3.63, 3.8) is 0 Å². The zero-order valence-corrected chi connectivity index (χ0v) is 27.9. The quantitative estimate of drug-likeness (QED) is 0.347. The molecule has 1 aromatic rings. The van der Waals surface area contributed by atoms with Crippen molar-refractivity contribution >= 4 is 17.5 Å². The van der Waals surface area contributed by atoms with Crippen LogP contribution < -0.4 is 0 Å². The van der Waals surface area contributed by atoms with E-state index in [-0.39, 0.29) is 63.7 Å². The summed E-state index contributed by atoms with van der Waals surface area (Å²) in [6.07, 6.45) is 13.2. The summed E-state index contributed by atoms with van der Waals surface area (Å²) in [5.74, 6) is -0.503. The van der Waals surface area contributed by atoms with Crippen LogP contribution in [-0.4, -0.2) is 33.7 Å². The lowest BCUT2D eigenvalue weighted by Gasteiger charge is -2.68. The molecule has 0 bridgehead atoms. The average Bonchev–Trinajstić information content (AvgIpc) is 3.36. The van der Waals surface area contributed by atoms with E-state index in [4.69, 9.17) is 4.74 Å². The fraction of sp³-hybridized carbons (Fsp3) is 0.703. The Hall–Kier alpha value is -3.01. The molecule has 3 fully saturated rings. The number of Topliss-reactive ketones (excluding diaryl/α,β-unsaturated/α-hetero) is 1. The van der Waals surface area contributed by atoms with Crippen LogP contribution in [0.3, 0.4) is 0 Å². The lowest BCUT2D eigenvalue weighted by Crippen LogP contribution is -2.66. The number of ether oxygens (including phenoxy) is 1. The maximum atomic E-state index is 14.7. The highest BCUT2D eigenvalue weighted by molar-refractivity contribution is 6.04. The molecule has 1 heterocycles. The summed E-state index contributed by atoms with van der Waals surface area (Å²) in [6.45, 7) is 18.1. The van der Waals surface area contributed by atoms with E-state index in [9.17, 15) is 19.6 Å². The Labute approximate surface area is 262 Å².